The molecule has 2 unspecified atom stereocenters. The Morgan fingerprint density at radius 1 is 1.15 bits per heavy atom. The van der Waals surface area contributed by atoms with Crippen molar-refractivity contribution in [3.63, 3.8) is 0 Å². The minimum Gasteiger partial charge on any atom is -0.503 e. The van der Waals surface area contributed by atoms with Gasteiger partial charge in [0.2, 0.25) is 5.78 Å². The van der Waals surface area contributed by atoms with Crippen LogP contribution in [-0.4, -0.2) is 45.9 Å². The van der Waals surface area contributed by atoms with Crippen LogP contribution in [0.25, 0.3) is 10.6 Å². The highest BCUT2D eigenvalue weighted by molar-refractivity contribution is 7.17. The lowest BCUT2D eigenvalue weighted by Gasteiger charge is -2.28. The number of benzene rings is 2. The summed E-state index contributed by atoms with van der Waals surface area (Å²) >= 11 is 1.28. The van der Waals surface area contributed by atoms with Crippen LogP contribution in [0.5, 0.6) is 0 Å². The van der Waals surface area contributed by atoms with Crippen molar-refractivity contribution in [2.24, 2.45) is 0 Å². The number of aliphatic hydroxyl groups is 1. The summed E-state index contributed by atoms with van der Waals surface area (Å²) < 4.78 is 5.75. The van der Waals surface area contributed by atoms with Crippen molar-refractivity contribution in [1.29, 1.82) is 0 Å². The molecule has 1 N–H and O–H groups in total. The average molecular weight is 461 g/mol. The predicted octanol–water partition coefficient (Wildman–Crippen LogP) is 4.88. The van der Waals surface area contributed by atoms with E-state index in [4.69, 9.17) is 4.74 Å². The van der Waals surface area contributed by atoms with Gasteiger partial charge in [-0.25, -0.2) is 4.98 Å². The highest BCUT2D eigenvalue weighted by atomic mass is 32.1. The number of thiazole rings is 1. The second-order valence-electron chi connectivity index (χ2n) is 8.30. The zero-order valence-electron chi connectivity index (χ0n) is 18.2. The molecule has 3 aromatic rings. The maximum Gasteiger partial charge on any atom is 0.290 e. The molecule has 5 rings (SSSR count). The van der Waals surface area contributed by atoms with Gasteiger partial charge < -0.3 is 14.7 Å². The highest BCUT2D eigenvalue weighted by Crippen LogP contribution is 2.41. The lowest BCUT2D eigenvalue weighted by molar-refractivity contribution is -0.131. The maximum atomic E-state index is 13.8. The molecule has 6 nitrogen and oxygen atoms in total. The summed E-state index contributed by atoms with van der Waals surface area (Å²) in [7, 11) is 0. The smallest absolute Gasteiger partial charge is 0.290 e. The monoisotopic (exact) mass is 460 g/mol. The molecule has 0 radical (unpaired) electrons. The van der Waals surface area contributed by atoms with Crippen molar-refractivity contribution in [1.82, 2.24) is 9.88 Å². The lowest BCUT2D eigenvalue weighted by Crippen LogP contribution is -2.37. The number of ether oxygens (including phenoxy) is 1. The van der Waals surface area contributed by atoms with Crippen LogP contribution in [0.2, 0.25) is 0 Å². The molecular formula is C26H24N2O4S. The third-order valence-electron chi connectivity index (χ3n) is 6.11. The molecule has 2 aliphatic heterocycles. The molecule has 3 heterocycles. The molecule has 33 heavy (non-hydrogen) atoms. The van der Waals surface area contributed by atoms with Gasteiger partial charge in [-0.2, -0.15) is 0 Å². The van der Waals surface area contributed by atoms with E-state index < -0.39 is 17.7 Å². The Balaban J connectivity index is 1.54. The number of aromatic nitrogens is 1. The molecule has 7 heteroatoms. The number of carbonyl (C=O) groups excluding carboxylic acids is 2. The van der Waals surface area contributed by atoms with Gasteiger partial charge in [0.05, 0.1) is 28.3 Å². The van der Waals surface area contributed by atoms with Crippen LogP contribution < -0.4 is 0 Å². The minimum atomic E-state index is -0.669. The van der Waals surface area contributed by atoms with Gasteiger partial charge >= 0.3 is 0 Å². The van der Waals surface area contributed by atoms with E-state index in [1.807, 2.05) is 60.7 Å². The van der Waals surface area contributed by atoms with Crippen LogP contribution in [0.4, 0.5) is 0 Å². The number of ketones is 1. The number of aryl methyl sites for hydroxylation is 1. The van der Waals surface area contributed by atoms with Crippen molar-refractivity contribution in [2.45, 2.75) is 31.9 Å². The second-order valence-corrected chi connectivity index (χ2v) is 9.30. The molecule has 0 spiro atoms. The lowest BCUT2D eigenvalue weighted by atomic mass is 9.95. The van der Waals surface area contributed by atoms with Gasteiger partial charge in [-0.1, -0.05) is 60.7 Å². The number of amides is 1. The third kappa shape index (κ3) is 3.98. The largest absolute Gasteiger partial charge is 0.503 e. The predicted molar refractivity (Wildman–Crippen MR) is 126 cm³/mol. The van der Waals surface area contributed by atoms with E-state index in [0.717, 1.165) is 29.0 Å². The average Bonchev–Trinajstić information content (AvgIpc) is 3.55. The van der Waals surface area contributed by atoms with Crippen molar-refractivity contribution in [2.75, 3.05) is 13.2 Å². The van der Waals surface area contributed by atoms with Crippen LogP contribution in [-0.2, 0) is 9.53 Å². The van der Waals surface area contributed by atoms with Crippen LogP contribution >= 0.6 is 11.3 Å². The summed E-state index contributed by atoms with van der Waals surface area (Å²) in [5.41, 5.74) is 2.39. The SMILES string of the molecule is Cc1nc(-c2ccccc2)sc1C(=O)C1=C(O)C(=O)N(CC2CCCO2)C1c1ccccc1. The van der Waals surface area contributed by atoms with Crippen molar-refractivity contribution in [3.8, 4) is 10.6 Å². The standard InChI is InChI=1S/C26H24N2O4S/c1-16-24(33-25(27-16)18-11-6-3-7-12-18)22(29)20-21(17-9-4-2-5-10-17)28(26(31)23(20)30)15-19-13-8-14-32-19/h2-7,9-12,19,21,30H,8,13-15H2,1H3. The summed E-state index contributed by atoms with van der Waals surface area (Å²) in [6.45, 7) is 2.78. The number of Topliss-reactive ketones (excluding diaryl/α,β-unsaturated/α-hetero) is 1. The summed E-state index contributed by atoms with van der Waals surface area (Å²) in [5.74, 6) is -1.38. The minimum absolute atomic E-state index is 0.0998. The Bertz CT molecular complexity index is 1210. The van der Waals surface area contributed by atoms with Crippen LogP contribution in [0.15, 0.2) is 72.0 Å². The van der Waals surface area contributed by atoms with Gasteiger partial charge in [-0.15, -0.1) is 11.3 Å². The fourth-order valence-electron chi connectivity index (χ4n) is 4.50. The van der Waals surface area contributed by atoms with Crippen LogP contribution in [0.1, 0.15) is 39.8 Å². The highest BCUT2D eigenvalue weighted by Gasteiger charge is 2.45. The molecule has 2 aliphatic rings. The first kappa shape index (κ1) is 21.6. The normalized spacial score (nSPS) is 20.6. The van der Waals surface area contributed by atoms with Crippen LogP contribution in [0, 0.1) is 6.92 Å². The van der Waals surface area contributed by atoms with Gasteiger partial charge in [0.25, 0.3) is 5.91 Å². The summed E-state index contributed by atoms with van der Waals surface area (Å²) in [4.78, 5) is 33.5. The van der Waals surface area contributed by atoms with E-state index in [-0.39, 0.29) is 17.5 Å². The topological polar surface area (TPSA) is 79.7 Å². The molecule has 2 atom stereocenters. The number of aliphatic hydroxyl groups excluding tert-OH is 1. The van der Waals surface area contributed by atoms with Crippen LogP contribution in [0.3, 0.4) is 0 Å². The number of rotatable bonds is 6. The summed E-state index contributed by atoms with van der Waals surface area (Å²) in [6, 6.07) is 18.4. The first-order valence-electron chi connectivity index (χ1n) is 11.0. The number of hydrogen-bond acceptors (Lipinski definition) is 6. The third-order valence-corrected chi connectivity index (χ3v) is 7.32. The Hall–Kier alpha value is -3.29. The van der Waals surface area contributed by atoms with E-state index in [2.05, 4.69) is 4.98 Å². The molecule has 0 aliphatic carbocycles. The van der Waals surface area contributed by atoms with Crippen molar-refractivity contribution in [3.05, 3.63) is 88.1 Å². The number of hydrogen-bond donors (Lipinski definition) is 1. The number of carbonyl (C=O) groups is 2. The maximum absolute atomic E-state index is 13.8. The first-order chi connectivity index (χ1) is 16.0. The quantitative estimate of drug-likeness (QED) is 0.531. The molecule has 1 fully saturated rings. The fraction of sp³-hybridized carbons (Fsp3) is 0.269. The Morgan fingerprint density at radius 2 is 1.85 bits per heavy atom. The Labute approximate surface area is 196 Å². The molecule has 1 aromatic heterocycles. The molecule has 2 aromatic carbocycles. The van der Waals surface area contributed by atoms with E-state index in [1.54, 1.807) is 11.8 Å². The summed E-state index contributed by atoms with van der Waals surface area (Å²) in [5, 5.41) is 11.6. The van der Waals surface area contributed by atoms with E-state index in [9.17, 15) is 14.7 Å². The van der Waals surface area contributed by atoms with Gasteiger partial charge in [0.15, 0.2) is 5.76 Å². The number of nitrogens with zero attached hydrogens (tertiary/aromatic N) is 2. The van der Waals surface area contributed by atoms with E-state index in [0.29, 0.717) is 23.7 Å². The molecule has 0 bridgehead atoms. The molecule has 168 valence electrons. The van der Waals surface area contributed by atoms with E-state index >= 15 is 0 Å². The molecule has 1 saturated heterocycles. The second kappa shape index (κ2) is 8.92. The first-order valence-corrected chi connectivity index (χ1v) is 11.8. The Kier molecular flexibility index (Phi) is 5.83. The zero-order chi connectivity index (χ0) is 22.9. The Morgan fingerprint density at radius 3 is 2.52 bits per heavy atom. The van der Waals surface area contributed by atoms with E-state index in [1.165, 1.54) is 11.3 Å². The molecule has 0 saturated carbocycles. The van der Waals surface area contributed by atoms with Gasteiger partial charge in [-0.05, 0) is 25.3 Å². The van der Waals surface area contributed by atoms with Crippen molar-refractivity contribution < 1.29 is 19.4 Å². The summed E-state index contributed by atoms with van der Waals surface area (Å²) in [6.07, 6.45) is 1.69. The van der Waals surface area contributed by atoms with Gasteiger partial charge in [0, 0.05) is 18.7 Å². The fourth-order valence-corrected chi connectivity index (χ4v) is 5.52. The van der Waals surface area contributed by atoms with Gasteiger partial charge in [0.1, 0.15) is 5.01 Å². The molecule has 1 amide bonds. The molecular weight excluding hydrogens is 436 g/mol. The zero-order valence-corrected chi connectivity index (χ0v) is 19.0. The van der Waals surface area contributed by atoms with Gasteiger partial charge in [-0.3, -0.25) is 9.59 Å². The van der Waals surface area contributed by atoms with Crippen molar-refractivity contribution >= 4 is 23.0 Å².